The fraction of sp³-hybridized carbons (Fsp3) is 0.280. The highest BCUT2D eigenvalue weighted by molar-refractivity contribution is 5.65. The van der Waals surface area contributed by atoms with E-state index in [-0.39, 0.29) is 5.82 Å². The molecule has 0 spiro atoms. The van der Waals surface area contributed by atoms with E-state index in [0.717, 1.165) is 31.2 Å². The molecule has 0 amide bonds. The summed E-state index contributed by atoms with van der Waals surface area (Å²) < 4.78 is 15.6. The van der Waals surface area contributed by atoms with Gasteiger partial charge in [-0.15, -0.1) is 0 Å². The van der Waals surface area contributed by atoms with Crippen LogP contribution < -0.4 is 4.57 Å². The number of nitriles is 1. The lowest BCUT2D eigenvalue weighted by Gasteiger charge is -2.33. The van der Waals surface area contributed by atoms with Crippen molar-refractivity contribution in [2.75, 3.05) is 0 Å². The minimum absolute atomic E-state index is 0.255. The Hall–Kier alpha value is -2.99. The van der Waals surface area contributed by atoms with E-state index in [1.165, 1.54) is 28.8 Å². The number of hydrogen-bond acceptors (Lipinski definition) is 1. The number of hydrogen-bond donors (Lipinski definition) is 0. The molecule has 2 nitrogen and oxygen atoms in total. The van der Waals surface area contributed by atoms with Crippen LogP contribution in [0.3, 0.4) is 0 Å². The van der Waals surface area contributed by atoms with Crippen LogP contribution >= 0.6 is 0 Å². The van der Waals surface area contributed by atoms with Gasteiger partial charge in [0.15, 0.2) is 18.4 Å². The average Bonchev–Trinajstić information content (AvgIpc) is 2.75. The Bertz CT molecular complexity index is 995. The number of rotatable bonds is 3. The SMILES string of the molecule is Cc1c[n+](C2CCC(C#N)(c3ccc(F)cc3)CC2)ccc1-c1ccccc1. The van der Waals surface area contributed by atoms with E-state index in [1.807, 2.05) is 6.07 Å². The van der Waals surface area contributed by atoms with E-state index >= 15 is 0 Å². The van der Waals surface area contributed by atoms with Gasteiger partial charge in [0.1, 0.15) is 5.82 Å². The first-order valence-electron chi connectivity index (χ1n) is 9.85. The number of benzene rings is 2. The van der Waals surface area contributed by atoms with Crippen molar-refractivity contribution < 1.29 is 8.96 Å². The fourth-order valence-electron chi connectivity index (χ4n) is 4.42. The van der Waals surface area contributed by atoms with Gasteiger partial charge in [-0.1, -0.05) is 42.5 Å². The van der Waals surface area contributed by atoms with Crippen molar-refractivity contribution in [3.8, 4) is 17.2 Å². The summed E-state index contributed by atoms with van der Waals surface area (Å²) in [6, 6.07) is 22.0. The lowest BCUT2D eigenvalue weighted by Crippen LogP contribution is -2.44. The van der Waals surface area contributed by atoms with Crippen LogP contribution in [0.5, 0.6) is 0 Å². The first kappa shape index (κ1) is 18.4. The topological polar surface area (TPSA) is 27.7 Å². The molecule has 1 aromatic heterocycles. The first-order chi connectivity index (χ1) is 13.6. The standard InChI is InChI=1S/C25H24FN2/c1-19-17-28(16-13-24(19)20-5-3-2-4-6-20)23-11-14-25(18-27,15-12-23)21-7-9-22(26)10-8-21/h2-10,13,16-17,23H,11-12,14-15H2,1H3/q+1. The number of aryl methyl sites for hydroxylation is 1. The fourth-order valence-corrected chi connectivity index (χ4v) is 4.42. The molecule has 3 heteroatoms. The monoisotopic (exact) mass is 371 g/mol. The molecule has 1 aliphatic carbocycles. The van der Waals surface area contributed by atoms with Gasteiger partial charge in [-0.3, -0.25) is 0 Å². The van der Waals surface area contributed by atoms with E-state index in [0.29, 0.717) is 6.04 Å². The van der Waals surface area contributed by atoms with Crippen molar-refractivity contribution in [3.63, 3.8) is 0 Å². The van der Waals surface area contributed by atoms with Crippen LogP contribution in [0.25, 0.3) is 11.1 Å². The van der Waals surface area contributed by atoms with Gasteiger partial charge < -0.3 is 0 Å². The Labute approximate surface area is 165 Å². The Kier molecular flexibility index (Phi) is 4.96. The van der Waals surface area contributed by atoms with Crippen LogP contribution in [-0.4, -0.2) is 0 Å². The van der Waals surface area contributed by atoms with Crippen LogP contribution in [0.2, 0.25) is 0 Å². The maximum Gasteiger partial charge on any atom is 0.172 e. The van der Waals surface area contributed by atoms with Crippen molar-refractivity contribution in [1.29, 1.82) is 5.26 Å². The van der Waals surface area contributed by atoms with Gasteiger partial charge in [-0.2, -0.15) is 5.26 Å². The van der Waals surface area contributed by atoms with E-state index in [2.05, 4.69) is 60.3 Å². The van der Waals surface area contributed by atoms with E-state index < -0.39 is 5.41 Å². The molecule has 1 saturated carbocycles. The molecule has 4 rings (SSSR count). The first-order valence-corrected chi connectivity index (χ1v) is 9.85. The van der Waals surface area contributed by atoms with Crippen molar-refractivity contribution in [2.45, 2.75) is 44.1 Å². The third-order valence-corrected chi connectivity index (χ3v) is 6.11. The van der Waals surface area contributed by atoms with Gasteiger partial charge in [0.05, 0.1) is 11.5 Å². The van der Waals surface area contributed by atoms with Gasteiger partial charge in [-0.25, -0.2) is 8.96 Å². The van der Waals surface area contributed by atoms with Gasteiger partial charge in [0.25, 0.3) is 0 Å². The molecular weight excluding hydrogens is 347 g/mol. The van der Waals surface area contributed by atoms with Gasteiger partial charge in [-0.05, 0) is 48.6 Å². The summed E-state index contributed by atoms with van der Waals surface area (Å²) in [5.74, 6) is -0.255. The molecule has 0 bridgehead atoms. The maximum atomic E-state index is 13.3. The molecule has 28 heavy (non-hydrogen) atoms. The highest BCUT2D eigenvalue weighted by Crippen LogP contribution is 2.41. The molecule has 1 fully saturated rings. The molecule has 2 aromatic carbocycles. The molecule has 140 valence electrons. The third-order valence-electron chi connectivity index (χ3n) is 6.11. The summed E-state index contributed by atoms with van der Waals surface area (Å²) in [5, 5.41) is 9.88. The van der Waals surface area contributed by atoms with Crippen LogP contribution in [0.4, 0.5) is 4.39 Å². The Morgan fingerprint density at radius 3 is 2.29 bits per heavy atom. The van der Waals surface area contributed by atoms with E-state index in [4.69, 9.17) is 0 Å². The quantitative estimate of drug-likeness (QED) is 0.546. The summed E-state index contributed by atoms with van der Waals surface area (Å²) in [6.45, 7) is 2.15. The average molecular weight is 371 g/mol. The second kappa shape index (κ2) is 7.56. The lowest BCUT2D eigenvalue weighted by molar-refractivity contribution is -0.726. The zero-order chi connectivity index (χ0) is 19.6. The zero-order valence-corrected chi connectivity index (χ0v) is 16.1. The molecule has 0 aliphatic heterocycles. The highest BCUT2D eigenvalue weighted by atomic mass is 19.1. The second-order valence-electron chi connectivity index (χ2n) is 7.79. The smallest absolute Gasteiger partial charge is 0.172 e. The van der Waals surface area contributed by atoms with Crippen molar-refractivity contribution in [1.82, 2.24) is 0 Å². The Morgan fingerprint density at radius 2 is 1.68 bits per heavy atom. The highest BCUT2D eigenvalue weighted by Gasteiger charge is 2.40. The molecule has 1 aliphatic rings. The molecule has 0 saturated heterocycles. The molecule has 0 atom stereocenters. The summed E-state index contributed by atoms with van der Waals surface area (Å²) in [6.07, 6.45) is 7.87. The number of pyridine rings is 1. The Balaban J connectivity index is 1.53. The normalized spacial score (nSPS) is 21.8. The van der Waals surface area contributed by atoms with Gasteiger partial charge in [0.2, 0.25) is 0 Å². The predicted octanol–water partition coefficient (Wildman–Crippen LogP) is 5.67. The number of aromatic nitrogens is 1. The van der Waals surface area contributed by atoms with Crippen LogP contribution in [-0.2, 0) is 5.41 Å². The van der Waals surface area contributed by atoms with E-state index in [1.54, 1.807) is 12.1 Å². The van der Waals surface area contributed by atoms with Crippen molar-refractivity contribution in [3.05, 3.63) is 90.0 Å². The third kappa shape index (κ3) is 3.43. The molecule has 0 radical (unpaired) electrons. The van der Waals surface area contributed by atoms with E-state index in [9.17, 15) is 9.65 Å². The molecular formula is C25H24FN2+. The van der Waals surface area contributed by atoms with Gasteiger partial charge in [0, 0.05) is 24.5 Å². The number of halogens is 1. The second-order valence-corrected chi connectivity index (χ2v) is 7.79. The molecule has 0 N–H and O–H groups in total. The summed E-state index contributed by atoms with van der Waals surface area (Å²) in [5.41, 5.74) is 4.19. The number of nitrogens with zero attached hydrogens (tertiary/aromatic N) is 2. The zero-order valence-electron chi connectivity index (χ0n) is 16.1. The van der Waals surface area contributed by atoms with Gasteiger partial charge >= 0.3 is 0 Å². The molecule has 3 aromatic rings. The Morgan fingerprint density at radius 1 is 1.00 bits per heavy atom. The largest absolute Gasteiger partial charge is 0.207 e. The summed E-state index contributed by atoms with van der Waals surface area (Å²) in [4.78, 5) is 0. The van der Waals surface area contributed by atoms with Crippen molar-refractivity contribution >= 4 is 0 Å². The summed E-state index contributed by atoms with van der Waals surface area (Å²) >= 11 is 0. The lowest BCUT2D eigenvalue weighted by atomic mass is 9.69. The minimum Gasteiger partial charge on any atom is -0.207 e. The summed E-state index contributed by atoms with van der Waals surface area (Å²) in [7, 11) is 0. The molecule has 0 unspecified atom stereocenters. The minimum atomic E-state index is -0.496. The van der Waals surface area contributed by atoms with Crippen molar-refractivity contribution in [2.24, 2.45) is 0 Å². The van der Waals surface area contributed by atoms with Crippen LogP contribution in [0.1, 0.15) is 42.9 Å². The maximum absolute atomic E-state index is 13.3. The van der Waals surface area contributed by atoms with Crippen LogP contribution in [0.15, 0.2) is 73.1 Å². The predicted molar refractivity (Wildman–Crippen MR) is 108 cm³/mol. The molecule has 1 heterocycles. The van der Waals surface area contributed by atoms with Crippen LogP contribution in [0, 0.1) is 24.1 Å².